The number of rotatable bonds is 3. The molecular formula is C9H10BrNO3. The summed E-state index contributed by atoms with van der Waals surface area (Å²) in [5.74, 6) is -1.32. The normalized spacial score (nSPS) is 14.8. The smallest absolute Gasteiger partial charge is 0.334 e. The lowest BCUT2D eigenvalue weighted by molar-refractivity contribution is -0.147. The quantitative estimate of drug-likeness (QED) is 0.753. The van der Waals surface area contributed by atoms with Crippen LogP contribution in [0.5, 0.6) is 0 Å². The van der Waals surface area contributed by atoms with Gasteiger partial charge in [-0.25, -0.2) is 4.79 Å². The van der Waals surface area contributed by atoms with E-state index in [0.717, 1.165) is 4.47 Å². The monoisotopic (exact) mass is 259 g/mol. The van der Waals surface area contributed by atoms with Crippen molar-refractivity contribution >= 4 is 21.9 Å². The molecule has 0 saturated carbocycles. The van der Waals surface area contributed by atoms with Gasteiger partial charge in [-0.05, 0) is 17.7 Å². The molecule has 0 aliphatic carbocycles. The van der Waals surface area contributed by atoms with Crippen LogP contribution in [0.4, 0.5) is 0 Å². The number of benzene rings is 1. The fraction of sp³-hybridized carbons (Fsp3) is 0.222. The van der Waals surface area contributed by atoms with Crippen LogP contribution in [-0.4, -0.2) is 22.3 Å². The fourth-order valence-corrected chi connectivity index (χ4v) is 1.29. The first-order valence-electron chi connectivity index (χ1n) is 3.94. The van der Waals surface area contributed by atoms with Gasteiger partial charge in [0.2, 0.25) is 0 Å². The van der Waals surface area contributed by atoms with Crippen LogP contribution >= 0.6 is 15.9 Å². The Morgan fingerprint density at radius 2 is 1.86 bits per heavy atom. The number of aliphatic carboxylic acids is 1. The van der Waals surface area contributed by atoms with Crippen LogP contribution in [0.3, 0.4) is 0 Å². The molecule has 0 fully saturated rings. The Balaban J connectivity index is 2.84. The van der Waals surface area contributed by atoms with E-state index < -0.39 is 18.1 Å². The van der Waals surface area contributed by atoms with Crippen molar-refractivity contribution in [1.82, 2.24) is 0 Å². The first-order chi connectivity index (χ1) is 6.52. The third-order valence-electron chi connectivity index (χ3n) is 1.85. The highest BCUT2D eigenvalue weighted by molar-refractivity contribution is 9.10. The zero-order valence-electron chi connectivity index (χ0n) is 7.22. The lowest BCUT2D eigenvalue weighted by Crippen LogP contribution is -2.33. The molecule has 4 nitrogen and oxygen atoms in total. The summed E-state index contributed by atoms with van der Waals surface area (Å²) >= 11 is 3.24. The maximum Gasteiger partial charge on any atom is 0.334 e. The van der Waals surface area contributed by atoms with Crippen molar-refractivity contribution < 1.29 is 15.0 Å². The van der Waals surface area contributed by atoms with Crippen LogP contribution in [0, 0.1) is 0 Å². The van der Waals surface area contributed by atoms with Crippen LogP contribution in [0.25, 0.3) is 0 Å². The highest BCUT2D eigenvalue weighted by Gasteiger charge is 2.23. The van der Waals surface area contributed by atoms with Crippen molar-refractivity contribution in [3.63, 3.8) is 0 Å². The number of nitrogens with two attached hydrogens (primary N) is 1. The minimum absolute atomic E-state index is 0.586. The van der Waals surface area contributed by atoms with Crippen LogP contribution < -0.4 is 5.73 Å². The predicted octanol–water partition coefficient (Wildman–Crippen LogP) is 0.894. The van der Waals surface area contributed by atoms with E-state index in [1.54, 1.807) is 24.3 Å². The number of carboxylic acid groups (broad SMARTS) is 1. The molecule has 0 bridgehead atoms. The topological polar surface area (TPSA) is 83.5 Å². The van der Waals surface area contributed by atoms with E-state index in [-0.39, 0.29) is 0 Å². The van der Waals surface area contributed by atoms with Crippen molar-refractivity contribution in [1.29, 1.82) is 0 Å². The number of hydrogen-bond acceptors (Lipinski definition) is 3. The molecule has 14 heavy (non-hydrogen) atoms. The Kier molecular flexibility index (Phi) is 3.62. The Labute approximate surface area is 89.5 Å². The third kappa shape index (κ3) is 2.54. The second kappa shape index (κ2) is 4.54. The van der Waals surface area contributed by atoms with Crippen molar-refractivity contribution in [2.75, 3.05) is 0 Å². The average molecular weight is 260 g/mol. The highest BCUT2D eigenvalue weighted by Crippen LogP contribution is 2.17. The van der Waals surface area contributed by atoms with E-state index in [2.05, 4.69) is 15.9 Å². The zero-order chi connectivity index (χ0) is 10.7. The summed E-state index contributed by atoms with van der Waals surface area (Å²) in [6, 6.07) is 5.91. The van der Waals surface area contributed by atoms with Crippen molar-refractivity contribution in [3.8, 4) is 0 Å². The van der Waals surface area contributed by atoms with Crippen molar-refractivity contribution in [2.24, 2.45) is 5.73 Å². The van der Waals surface area contributed by atoms with E-state index >= 15 is 0 Å². The largest absolute Gasteiger partial charge is 0.479 e. The summed E-state index contributed by atoms with van der Waals surface area (Å²) in [5.41, 5.74) is 6.13. The predicted molar refractivity (Wildman–Crippen MR) is 54.7 cm³/mol. The minimum Gasteiger partial charge on any atom is -0.479 e. The van der Waals surface area contributed by atoms with Gasteiger partial charge in [-0.15, -0.1) is 0 Å². The molecule has 0 heterocycles. The molecule has 0 saturated heterocycles. The molecule has 5 heteroatoms. The molecule has 0 amide bonds. The Bertz CT molecular complexity index is 325. The molecule has 0 aliphatic heterocycles. The standard InChI is InChI=1S/C9H10BrNO3/c10-6-3-1-5(2-4-6)7(11)8(12)9(13)14/h1-4,7-8,12H,11H2,(H,13,14)/t7-,8+/m1/s1. The number of carbonyl (C=O) groups is 1. The Morgan fingerprint density at radius 1 is 1.36 bits per heavy atom. The molecule has 1 aromatic carbocycles. The first-order valence-corrected chi connectivity index (χ1v) is 4.73. The SMILES string of the molecule is N[C@H](c1ccc(Br)cc1)[C@H](O)C(=O)O. The molecule has 0 aromatic heterocycles. The van der Waals surface area contributed by atoms with E-state index in [0.29, 0.717) is 5.56 Å². The van der Waals surface area contributed by atoms with Crippen LogP contribution in [0.15, 0.2) is 28.7 Å². The fourth-order valence-electron chi connectivity index (χ4n) is 1.02. The van der Waals surface area contributed by atoms with E-state index in [1.807, 2.05) is 0 Å². The van der Waals surface area contributed by atoms with Gasteiger partial charge in [0.1, 0.15) is 0 Å². The maximum atomic E-state index is 10.4. The van der Waals surface area contributed by atoms with Gasteiger partial charge >= 0.3 is 5.97 Å². The molecule has 0 radical (unpaired) electrons. The van der Waals surface area contributed by atoms with Gasteiger partial charge in [0.05, 0.1) is 6.04 Å². The molecule has 1 aromatic rings. The molecule has 1 rings (SSSR count). The number of hydrogen-bond donors (Lipinski definition) is 3. The van der Waals surface area contributed by atoms with E-state index in [4.69, 9.17) is 10.8 Å². The highest BCUT2D eigenvalue weighted by atomic mass is 79.9. The zero-order valence-corrected chi connectivity index (χ0v) is 8.81. The van der Waals surface area contributed by atoms with Gasteiger partial charge in [0.25, 0.3) is 0 Å². The lowest BCUT2D eigenvalue weighted by atomic mass is 10.0. The van der Waals surface area contributed by atoms with Gasteiger partial charge in [0.15, 0.2) is 6.10 Å². The molecule has 0 spiro atoms. The van der Waals surface area contributed by atoms with E-state index in [1.165, 1.54) is 0 Å². The van der Waals surface area contributed by atoms with Gasteiger partial charge in [-0.3, -0.25) is 0 Å². The van der Waals surface area contributed by atoms with Crippen molar-refractivity contribution in [3.05, 3.63) is 34.3 Å². The second-order valence-electron chi connectivity index (χ2n) is 2.86. The minimum atomic E-state index is -1.57. The molecule has 0 unspecified atom stereocenters. The van der Waals surface area contributed by atoms with Gasteiger partial charge < -0.3 is 15.9 Å². The lowest BCUT2D eigenvalue weighted by Gasteiger charge is -2.15. The van der Waals surface area contributed by atoms with Gasteiger partial charge in [-0.1, -0.05) is 28.1 Å². The number of halogens is 1. The van der Waals surface area contributed by atoms with Gasteiger partial charge in [-0.2, -0.15) is 0 Å². The number of aliphatic hydroxyl groups is 1. The average Bonchev–Trinajstić information content (AvgIpc) is 2.16. The van der Waals surface area contributed by atoms with Gasteiger partial charge in [0, 0.05) is 4.47 Å². The molecule has 4 N–H and O–H groups in total. The summed E-state index contributed by atoms with van der Waals surface area (Å²) in [4.78, 5) is 10.4. The number of carboxylic acids is 1. The maximum absolute atomic E-state index is 10.4. The molecular weight excluding hydrogens is 250 g/mol. The van der Waals surface area contributed by atoms with E-state index in [9.17, 15) is 9.90 Å². The summed E-state index contributed by atoms with van der Waals surface area (Å²) in [5, 5.41) is 17.7. The van der Waals surface area contributed by atoms with Crippen LogP contribution in [0.2, 0.25) is 0 Å². The Morgan fingerprint density at radius 3 is 2.29 bits per heavy atom. The summed E-state index contributed by atoms with van der Waals surface area (Å²) in [6.07, 6.45) is -1.57. The summed E-state index contributed by atoms with van der Waals surface area (Å²) < 4.78 is 0.873. The van der Waals surface area contributed by atoms with Crippen LogP contribution in [0.1, 0.15) is 11.6 Å². The second-order valence-corrected chi connectivity index (χ2v) is 3.78. The number of aliphatic hydroxyl groups excluding tert-OH is 1. The van der Waals surface area contributed by atoms with Crippen LogP contribution in [-0.2, 0) is 4.79 Å². The first kappa shape index (κ1) is 11.2. The van der Waals surface area contributed by atoms with Crippen molar-refractivity contribution in [2.45, 2.75) is 12.1 Å². The molecule has 76 valence electrons. The summed E-state index contributed by atoms with van der Waals surface area (Å²) in [6.45, 7) is 0. The molecule has 2 atom stereocenters. The third-order valence-corrected chi connectivity index (χ3v) is 2.38. The Hall–Kier alpha value is -0.910. The molecule has 0 aliphatic rings. The summed E-state index contributed by atoms with van der Waals surface area (Å²) in [7, 11) is 0.